The van der Waals surface area contributed by atoms with E-state index in [1.54, 1.807) is 43.5 Å². The first-order valence-corrected chi connectivity index (χ1v) is 11.2. The number of amides is 4. The Morgan fingerprint density at radius 3 is 2.26 bits per heavy atom. The van der Waals surface area contributed by atoms with E-state index in [1.807, 2.05) is 49.4 Å². The number of ether oxygens (including phenoxy) is 1. The Hall–Kier alpha value is -4.13. The molecule has 1 atom stereocenters. The van der Waals surface area contributed by atoms with Crippen LogP contribution in [0.4, 0.5) is 16.2 Å². The van der Waals surface area contributed by atoms with Crippen molar-refractivity contribution in [2.75, 3.05) is 23.9 Å². The average Bonchev–Trinajstić information content (AvgIpc) is 3.08. The van der Waals surface area contributed by atoms with E-state index in [0.29, 0.717) is 30.1 Å². The van der Waals surface area contributed by atoms with E-state index in [-0.39, 0.29) is 12.3 Å². The van der Waals surface area contributed by atoms with Gasteiger partial charge in [-0.05, 0) is 55.3 Å². The summed E-state index contributed by atoms with van der Waals surface area (Å²) in [6, 6.07) is 22.6. The fraction of sp³-hybridized carbons (Fsp3) is 0.222. The highest BCUT2D eigenvalue weighted by molar-refractivity contribution is 6.22. The summed E-state index contributed by atoms with van der Waals surface area (Å²) < 4.78 is 5.14. The zero-order chi connectivity index (χ0) is 24.1. The summed E-state index contributed by atoms with van der Waals surface area (Å²) in [6.07, 6.45) is 0.450. The van der Waals surface area contributed by atoms with E-state index in [2.05, 4.69) is 5.32 Å². The molecule has 3 aromatic rings. The van der Waals surface area contributed by atoms with Gasteiger partial charge in [0.05, 0.1) is 19.2 Å². The Morgan fingerprint density at radius 1 is 0.941 bits per heavy atom. The third-order valence-electron chi connectivity index (χ3n) is 5.85. The van der Waals surface area contributed by atoms with Crippen molar-refractivity contribution in [3.63, 3.8) is 0 Å². The topological polar surface area (TPSA) is 79.0 Å². The minimum absolute atomic E-state index is 0.131. The lowest BCUT2D eigenvalue weighted by molar-refractivity contribution is -0.124. The molecule has 0 saturated carbocycles. The van der Waals surface area contributed by atoms with E-state index in [1.165, 1.54) is 9.80 Å². The maximum Gasteiger partial charge on any atom is 0.332 e. The van der Waals surface area contributed by atoms with Crippen LogP contribution in [0.15, 0.2) is 78.9 Å². The van der Waals surface area contributed by atoms with Crippen molar-refractivity contribution in [2.45, 2.75) is 25.8 Å². The van der Waals surface area contributed by atoms with Crippen LogP contribution in [0.5, 0.6) is 5.75 Å². The summed E-state index contributed by atoms with van der Waals surface area (Å²) in [7, 11) is 1.57. The van der Waals surface area contributed by atoms with Gasteiger partial charge in [0.25, 0.3) is 5.91 Å². The van der Waals surface area contributed by atoms with Crippen LogP contribution in [0.1, 0.15) is 17.5 Å². The molecule has 0 aliphatic carbocycles. The second kappa shape index (κ2) is 10.2. The molecule has 1 unspecified atom stereocenters. The van der Waals surface area contributed by atoms with E-state index < -0.39 is 18.0 Å². The molecule has 34 heavy (non-hydrogen) atoms. The fourth-order valence-corrected chi connectivity index (χ4v) is 3.98. The van der Waals surface area contributed by atoms with Gasteiger partial charge < -0.3 is 15.0 Å². The molecular formula is C27H27N3O4. The molecule has 7 heteroatoms. The molecule has 1 fully saturated rings. The first-order valence-electron chi connectivity index (χ1n) is 11.2. The van der Waals surface area contributed by atoms with Crippen LogP contribution in [-0.2, 0) is 16.0 Å². The van der Waals surface area contributed by atoms with Crippen LogP contribution >= 0.6 is 0 Å². The highest BCUT2D eigenvalue weighted by Crippen LogP contribution is 2.28. The number of hydrogen-bond donors (Lipinski definition) is 1. The summed E-state index contributed by atoms with van der Waals surface area (Å²) in [5.41, 5.74) is 3.18. The number of nitrogens with zero attached hydrogens (tertiary/aromatic N) is 2. The Morgan fingerprint density at radius 2 is 1.62 bits per heavy atom. The molecule has 1 saturated heterocycles. The molecule has 0 radical (unpaired) electrons. The van der Waals surface area contributed by atoms with Gasteiger partial charge in [-0.2, -0.15) is 0 Å². The maximum absolute atomic E-state index is 13.4. The molecule has 1 aliphatic rings. The van der Waals surface area contributed by atoms with Gasteiger partial charge in [-0.3, -0.25) is 9.59 Å². The molecule has 1 N–H and O–H groups in total. The van der Waals surface area contributed by atoms with E-state index in [9.17, 15) is 14.4 Å². The lowest BCUT2D eigenvalue weighted by atomic mass is 10.1. The standard InChI is InChI=1S/C27H27N3O4/c1-19-8-12-22(13-9-19)30-26(32)24(18-25(31)28-21-10-14-23(34-2)15-11-21)29(27(30)33)17-16-20-6-4-3-5-7-20/h3-15,24H,16-18H2,1-2H3,(H,28,31). The van der Waals surface area contributed by atoms with Crippen LogP contribution in [0.3, 0.4) is 0 Å². The number of nitrogens with one attached hydrogen (secondary N) is 1. The van der Waals surface area contributed by atoms with Crippen LogP contribution in [0.2, 0.25) is 0 Å². The summed E-state index contributed by atoms with van der Waals surface area (Å²) in [5, 5.41) is 2.81. The van der Waals surface area contributed by atoms with Gasteiger partial charge in [0.2, 0.25) is 5.91 Å². The quantitative estimate of drug-likeness (QED) is 0.508. The smallest absolute Gasteiger partial charge is 0.332 e. The van der Waals surface area contributed by atoms with Crippen molar-refractivity contribution >= 4 is 29.2 Å². The maximum atomic E-state index is 13.4. The first kappa shape index (κ1) is 23.0. The number of carbonyl (C=O) groups excluding carboxylic acids is 3. The molecule has 7 nitrogen and oxygen atoms in total. The number of anilines is 2. The van der Waals surface area contributed by atoms with Crippen molar-refractivity contribution in [2.24, 2.45) is 0 Å². The fourth-order valence-electron chi connectivity index (χ4n) is 3.98. The highest BCUT2D eigenvalue weighted by Gasteiger charge is 2.46. The number of urea groups is 1. The number of rotatable bonds is 8. The highest BCUT2D eigenvalue weighted by atomic mass is 16.5. The van der Waals surface area contributed by atoms with E-state index >= 15 is 0 Å². The van der Waals surface area contributed by atoms with Crippen LogP contribution in [0, 0.1) is 6.92 Å². The molecule has 174 valence electrons. The number of carbonyl (C=O) groups is 3. The largest absolute Gasteiger partial charge is 0.497 e. The number of benzene rings is 3. The molecule has 4 amide bonds. The Balaban J connectivity index is 1.53. The molecule has 0 spiro atoms. The third-order valence-corrected chi connectivity index (χ3v) is 5.85. The minimum Gasteiger partial charge on any atom is -0.497 e. The van der Waals surface area contributed by atoms with Crippen molar-refractivity contribution in [1.29, 1.82) is 0 Å². The first-order chi connectivity index (χ1) is 16.5. The van der Waals surface area contributed by atoms with E-state index in [4.69, 9.17) is 4.74 Å². The van der Waals surface area contributed by atoms with Crippen LogP contribution in [0.25, 0.3) is 0 Å². The second-order valence-electron chi connectivity index (χ2n) is 8.22. The number of methoxy groups -OCH3 is 1. The van der Waals surface area contributed by atoms with Gasteiger partial charge in [0.15, 0.2) is 0 Å². The molecule has 0 aromatic heterocycles. The summed E-state index contributed by atoms with van der Waals surface area (Å²) in [4.78, 5) is 42.2. The molecule has 0 bridgehead atoms. The van der Waals surface area contributed by atoms with Crippen molar-refractivity contribution in [3.05, 3.63) is 90.0 Å². The van der Waals surface area contributed by atoms with Gasteiger partial charge in [-0.1, -0.05) is 48.0 Å². The van der Waals surface area contributed by atoms with Gasteiger partial charge >= 0.3 is 6.03 Å². The lowest BCUT2D eigenvalue weighted by Gasteiger charge is -2.21. The molecule has 3 aromatic carbocycles. The predicted molar refractivity (Wildman–Crippen MR) is 131 cm³/mol. The SMILES string of the molecule is COc1ccc(NC(=O)CC2C(=O)N(c3ccc(C)cc3)C(=O)N2CCc2ccccc2)cc1. The molecule has 1 aliphatic heterocycles. The monoisotopic (exact) mass is 457 g/mol. The normalized spacial score (nSPS) is 15.5. The number of hydrogen-bond acceptors (Lipinski definition) is 4. The lowest BCUT2D eigenvalue weighted by Crippen LogP contribution is -2.39. The van der Waals surface area contributed by atoms with Gasteiger partial charge in [-0.15, -0.1) is 0 Å². The molecular weight excluding hydrogens is 430 g/mol. The van der Waals surface area contributed by atoms with Gasteiger partial charge in [-0.25, -0.2) is 9.69 Å². The summed E-state index contributed by atoms with van der Waals surface area (Å²) in [6.45, 7) is 2.27. The minimum atomic E-state index is -0.879. The number of aryl methyl sites for hydroxylation is 1. The van der Waals surface area contributed by atoms with Crippen LogP contribution in [-0.4, -0.2) is 42.4 Å². The molecule has 1 heterocycles. The predicted octanol–water partition coefficient (Wildman–Crippen LogP) is 4.41. The Labute approximate surface area is 198 Å². The van der Waals surface area contributed by atoms with Gasteiger partial charge in [0.1, 0.15) is 11.8 Å². The Bertz CT molecular complexity index is 1160. The Kier molecular flexibility index (Phi) is 6.92. The number of imide groups is 1. The van der Waals surface area contributed by atoms with Gasteiger partial charge in [0, 0.05) is 12.2 Å². The second-order valence-corrected chi connectivity index (χ2v) is 8.22. The van der Waals surface area contributed by atoms with Crippen molar-refractivity contribution in [3.8, 4) is 5.75 Å². The molecule has 4 rings (SSSR count). The summed E-state index contributed by atoms with van der Waals surface area (Å²) in [5.74, 6) is -0.0611. The third kappa shape index (κ3) is 5.09. The zero-order valence-corrected chi connectivity index (χ0v) is 19.2. The zero-order valence-electron chi connectivity index (χ0n) is 19.2. The van der Waals surface area contributed by atoms with E-state index in [0.717, 1.165) is 11.1 Å². The van der Waals surface area contributed by atoms with Crippen molar-refractivity contribution < 1.29 is 19.1 Å². The summed E-state index contributed by atoms with van der Waals surface area (Å²) >= 11 is 0. The average molecular weight is 458 g/mol. The van der Waals surface area contributed by atoms with Crippen LogP contribution < -0.4 is 15.0 Å². The van der Waals surface area contributed by atoms with Crippen molar-refractivity contribution in [1.82, 2.24) is 4.90 Å².